The molecule has 1 aliphatic rings. The van der Waals surface area contributed by atoms with E-state index in [0.717, 1.165) is 30.0 Å². The lowest BCUT2D eigenvalue weighted by Crippen LogP contribution is -2.29. The van der Waals surface area contributed by atoms with Gasteiger partial charge in [-0.2, -0.15) is 0 Å². The molecule has 0 spiro atoms. The molecule has 16 heavy (non-hydrogen) atoms. The van der Waals surface area contributed by atoms with Gasteiger partial charge in [0.1, 0.15) is 0 Å². The van der Waals surface area contributed by atoms with Gasteiger partial charge in [0.15, 0.2) is 0 Å². The minimum atomic E-state index is -0.622. The van der Waals surface area contributed by atoms with Crippen molar-refractivity contribution in [2.45, 2.75) is 18.9 Å². The third kappa shape index (κ3) is 2.72. The van der Waals surface area contributed by atoms with Gasteiger partial charge in [0, 0.05) is 47.7 Å². The van der Waals surface area contributed by atoms with Crippen molar-refractivity contribution < 1.29 is 4.21 Å². The van der Waals surface area contributed by atoms with Crippen LogP contribution >= 0.6 is 0 Å². The Morgan fingerprint density at radius 3 is 2.69 bits per heavy atom. The lowest BCUT2D eigenvalue weighted by Gasteiger charge is -2.23. The van der Waals surface area contributed by atoms with Crippen LogP contribution in [0.5, 0.6) is 0 Å². The first-order valence-corrected chi connectivity index (χ1v) is 6.92. The highest BCUT2D eigenvalue weighted by atomic mass is 32.2. The summed E-state index contributed by atoms with van der Waals surface area (Å²) in [4.78, 5) is 11.2. The summed E-state index contributed by atoms with van der Waals surface area (Å²) in [7, 11) is 1.12. The minimum Gasteiger partial charge on any atom is -0.381 e. The first kappa shape index (κ1) is 11.4. The summed E-state index contributed by atoms with van der Waals surface area (Å²) >= 11 is 0. The van der Waals surface area contributed by atoms with Crippen LogP contribution in [0.1, 0.15) is 12.8 Å². The van der Waals surface area contributed by atoms with Crippen molar-refractivity contribution in [1.82, 2.24) is 4.57 Å². The van der Waals surface area contributed by atoms with Crippen LogP contribution in [-0.2, 0) is 17.8 Å². The van der Waals surface area contributed by atoms with Gasteiger partial charge in [0.2, 0.25) is 5.56 Å². The SMILES string of the molecule is Cn1cc(NC2CCS(=O)CC2)ccc1=O. The van der Waals surface area contributed by atoms with Gasteiger partial charge in [0.25, 0.3) is 0 Å². The fourth-order valence-corrected chi connectivity index (χ4v) is 3.15. The molecule has 1 N–H and O–H groups in total. The number of anilines is 1. The fourth-order valence-electron chi connectivity index (χ4n) is 1.85. The predicted octanol–water partition coefficient (Wildman–Crippen LogP) is 0.708. The number of hydrogen-bond donors (Lipinski definition) is 1. The Hall–Kier alpha value is -1.10. The third-order valence-corrected chi connectivity index (χ3v) is 4.23. The lowest BCUT2D eigenvalue weighted by molar-refractivity contribution is 0.623. The second-order valence-corrected chi connectivity index (χ2v) is 5.83. The van der Waals surface area contributed by atoms with Crippen LogP contribution in [-0.4, -0.2) is 26.3 Å². The maximum absolute atomic E-state index is 11.2. The smallest absolute Gasteiger partial charge is 0.250 e. The molecule has 1 saturated heterocycles. The van der Waals surface area contributed by atoms with E-state index in [9.17, 15) is 9.00 Å². The number of pyridine rings is 1. The monoisotopic (exact) mass is 240 g/mol. The highest BCUT2D eigenvalue weighted by Gasteiger charge is 2.17. The second kappa shape index (κ2) is 4.82. The molecule has 2 rings (SSSR count). The van der Waals surface area contributed by atoms with Crippen molar-refractivity contribution in [3.63, 3.8) is 0 Å². The van der Waals surface area contributed by atoms with Crippen LogP contribution in [0.3, 0.4) is 0 Å². The number of rotatable bonds is 2. The number of aromatic nitrogens is 1. The van der Waals surface area contributed by atoms with Gasteiger partial charge >= 0.3 is 0 Å². The molecule has 0 atom stereocenters. The molecule has 0 aliphatic carbocycles. The Labute approximate surface area is 97.1 Å². The molecule has 0 amide bonds. The van der Waals surface area contributed by atoms with Crippen molar-refractivity contribution in [3.8, 4) is 0 Å². The van der Waals surface area contributed by atoms with E-state index >= 15 is 0 Å². The van der Waals surface area contributed by atoms with Crippen molar-refractivity contribution in [1.29, 1.82) is 0 Å². The number of nitrogens with one attached hydrogen (secondary N) is 1. The van der Waals surface area contributed by atoms with Crippen LogP contribution < -0.4 is 10.9 Å². The highest BCUT2D eigenvalue weighted by molar-refractivity contribution is 7.85. The summed E-state index contributed by atoms with van der Waals surface area (Å²) in [6.07, 6.45) is 3.68. The summed E-state index contributed by atoms with van der Waals surface area (Å²) in [5, 5.41) is 3.38. The van der Waals surface area contributed by atoms with E-state index < -0.39 is 10.8 Å². The van der Waals surface area contributed by atoms with Crippen molar-refractivity contribution in [3.05, 3.63) is 28.7 Å². The van der Waals surface area contributed by atoms with Gasteiger partial charge < -0.3 is 9.88 Å². The molecule has 5 heteroatoms. The zero-order valence-electron chi connectivity index (χ0n) is 9.31. The lowest BCUT2D eigenvalue weighted by atomic mass is 10.1. The quantitative estimate of drug-likeness (QED) is 0.828. The van der Waals surface area contributed by atoms with Crippen molar-refractivity contribution in [2.75, 3.05) is 16.8 Å². The predicted molar refractivity (Wildman–Crippen MR) is 66.2 cm³/mol. The number of aryl methyl sites for hydroxylation is 1. The summed E-state index contributed by atoms with van der Waals surface area (Å²) in [6.45, 7) is 0. The molecule has 0 bridgehead atoms. The number of nitrogens with zero attached hydrogens (tertiary/aromatic N) is 1. The molecule has 88 valence electrons. The van der Waals surface area contributed by atoms with Gasteiger partial charge in [-0.1, -0.05) is 0 Å². The van der Waals surface area contributed by atoms with Gasteiger partial charge in [0.05, 0.1) is 5.69 Å². The standard InChI is InChI=1S/C11H16N2O2S/c1-13-8-10(2-3-11(13)14)12-9-4-6-16(15)7-5-9/h2-3,8-9,12H,4-7H2,1H3. The molecule has 1 aliphatic heterocycles. The third-order valence-electron chi connectivity index (χ3n) is 2.84. The van der Waals surface area contributed by atoms with Crippen LogP contribution in [0.25, 0.3) is 0 Å². The number of hydrogen-bond acceptors (Lipinski definition) is 3. The average Bonchev–Trinajstić information content (AvgIpc) is 2.27. The first-order chi connectivity index (χ1) is 7.65. The van der Waals surface area contributed by atoms with E-state index in [4.69, 9.17) is 0 Å². The van der Waals surface area contributed by atoms with Crippen molar-refractivity contribution in [2.24, 2.45) is 7.05 Å². The Balaban J connectivity index is 2.01. The van der Waals surface area contributed by atoms with E-state index in [1.54, 1.807) is 29.9 Å². The molecule has 0 saturated carbocycles. The van der Waals surface area contributed by atoms with E-state index in [0.29, 0.717) is 6.04 Å². The minimum absolute atomic E-state index is 0.00435. The van der Waals surface area contributed by atoms with Crippen LogP contribution in [0.15, 0.2) is 23.1 Å². The maximum Gasteiger partial charge on any atom is 0.250 e. The second-order valence-electron chi connectivity index (χ2n) is 4.13. The normalized spacial score (nSPS) is 25.3. The zero-order valence-corrected chi connectivity index (χ0v) is 10.1. The summed E-state index contributed by atoms with van der Waals surface area (Å²) in [6, 6.07) is 3.74. The molecule has 1 aromatic heterocycles. The molecular weight excluding hydrogens is 224 g/mol. The van der Waals surface area contributed by atoms with Gasteiger partial charge in [-0.25, -0.2) is 0 Å². The summed E-state index contributed by atoms with van der Waals surface area (Å²) in [5.74, 6) is 1.56. The van der Waals surface area contributed by atoms with Gasteiger partial charge in [-0.3, -0.25) is 9.00 Å². The Morgan fingerprint density at radius 2 is 2.06 bits per heavy atom. The Morgan fingerprint density at radius 1 is 1.38 bits per heavy atom. The van der Waals surface area contributed by atoms with Crippen LogP contribution in [0.4, 0.5) is 5.69 Å². The topological polar surface area (TPSA) is 51.1 Å². The van der Waals surface area contributed by atoms with Crippen LogP contribution in [0, 0.1) is 0 Å². The Kier molecular flexibility index (Phi) is 3.43. The molecule has 1 aromatic rings. The van der Waals surface area contributed by atoms with Crippen LogP contribution in [0.2, 0.25) is 0 Å². The van der Waals surface area contributed by atoms with Gasteiger partial charge in [-0.15, -0.1) is 0 Å². The molecule has 0 aromatic carbocycles. The van der Waals surface area contributed by atoms with E-state index in [1.807, 2.05) is 0 Å². The molecule has 0 radical (unpaired) electrons. The zero-order chi connectivity index (χ0) is 11.5. The molecule has 2 heterocycles. The molecular formula is C11H16N2O2S. The summed E-state index contributed by atoms with van der Waals surface area (Å²) in [5.41, 5.74) is 0.954. The largest absolute Gasteiger partial charge is 0.381 e. The van der Waals surface area contributed by atoms with E-state index in [2.05, 4.69) is 5.32 Å². The maximum atomic E-state index is 11.2. The summed E-state index contributed by atoms with van der Waals surface area (Å²) < 4.78 is 12.8. The van der Waals surface area contributed by atoms with E-state index in [1.165, 1.54) is 0 Å². The Bertz CT molecular complexity index is 446. The van der Waals surface area contributed by atoms with Crippen molar-refractivity contribution >= 4 is 16.5 Å². The molecule has 1 fully saturated rings. The molecule has 4 nitrogen and oxygen atoms in total. The average molecular weight is 240 g/mol. The fraction of sp³-hybridized carbons (Fsp3) is 0.545. The highest BCUT2D eigenvalue weighted by Crippen LogP contribution is 2.14. The molecule has 0 unspecified atom stereocenters. The van der Waals surface area contributed by atoms with E-state index in [-0.39, 0.29) is 5.56 Å². The van der Waals surface area contributed by atoms with Gasteiger partial charge in [-0.05, 0) is 18.9 Å². The first-order valence-electron chi connectivity index (χ1n) is 5.43.